The van der Waals surface area contributed by atoms with Crippen molar-refractivity contribution in [3.05, 3.63) is 0 Å². The highest BCUT2D eigenvalue weighted by atomic mass is 16.6. The first kappa shape index (κ1) is 16.1. The number of hydrogen-bond donors (Lipinski definition) is 2. The Bertz CT molecular complexity index is 216. The third-order valence-electron chi connectivity index (χ3n) is 1.99. The van der Waals surface area contributed by atoms with Gasteiger partial charge in [0, 0.05) is 25.2 Å². The van der Waals surface area contributed by atoms with Crippen molar-refractivity contribution < 1.29 is 14.3 Å². The molecule has 0 amide bonds. The lowest BCUT2D eigenvalue weighted by atomic mass is 10.3. The van der Waals surface area contributed by atoms with Crippen LogP contribution >= 0.6 is 0 Å². The van der Waals surface area contributed by atoms with E-state index in [4.69, 9.17) is 0 Å². The molecule has 0 aliphatic carbocycles. The lowest BCUT2D eigenvalue weighted by Gasteiger charge is -2.08. The van der Waals surface area contributed by atoms with Crippen LogP contribution in [-0.2, 0) is 14.3 Å². The molecular weight excluding hydrogens is 220 g/mol. The third kappa shape index (κ3) is 11.3. The van der Waals surface area contributed by atoms with Crippen molar-refractivity contribution in [1.29, 1.82) is 0 Å². The van der Waals surface area contributed by atoms with E-state index in [9.17, 15) is 9.59 Å². The van der Waals surface area contributed by atoms with E-state index in [1.807, 2.05) is 27.7 Å². The average molecular weight is 244 g/mol. The monoisotopic (exact) mass is 244 g/mol. The van der Waals surface area contributed by atoms with Crippen molar-refractivity contribution in [3.63, 3.8) is 0 Å². The summed E-state index contributed by atoms with van der Waals surface area (Å²) in [5.74, 6) is -0.930. The fourth-order valence-electron chi connectivity index (χ4n) is 1.15. The Morgan fingerprint density at radius 1 is 0.882 bits per heavy atom. The molecule has 0 unspecified atom stereocenters. The van der Waals surface area contributed by atoms with Gasteiger partial charge in [0.1, 0.15) is 0 Å². The molecule has 0 fully saturated rings. The normalized spacial score (nSPS) is 10.9. The Hall–Kier alpha value is -0.940. The van der Waals surface area contributed by atoms with E-state index >= 15 is 0 Å². The first-order chi connectivity index (χ1) is 7.91. The molecule has 0 aromatic rings. The molecule has 0 radical (unpaired) electrons. The van der Waals surface area contributed by atoms with Crippen LogP contribution in [0.25, 0.3) is 0 Å². The summed E-state index contributed by atoms with van der Waals surface area (Å²) in [5, 5.41) is 6.17. The largest absolute Gasteiger partial charge is 0.393 e. The van der Waals surface area contributed by atoms with Crippen LogP contribution in [0, 0.1) is 0 Å². The highest BCUT2D eigenvalue weighted by Gasteiger charge is 2.10. The molecule has 0 heterocycles. The molecule has 0 spiro atoms. The summed E-state index contributed by atoms with van der Waals surface area (Å²) < 4.78 is 4.66. The zero-order chi connectivity index (χ0) is 13.3. The minimum atomic E-state index is -0.465. The van der Waals surface area contributed by atoms with Gasteiger partial charge in [-0.1, -0.05) is 27.7 Å². The lowest BCUT2D eigenvalue weighted by Crippen LogP contribution is -2.28. The second-order valence-electron chi connectivity index (χ2n) is 4.56. The maximum absolute atomic E-state index is 11.2. The van der Waals surface area contributed by atoms with Gasteiger partial charge in [-0.2, -0.15) is 0 Å². The standard InChI is InChI=1S/C12H24N2O3/c1-9(2)13-7-5-11(15)17-12(16)6-8-14-10(3)4/h9-10,13-14H,5-8H2,1-4H3. The van der Waals surface area contributed by atoms with E-state index in [-0.39, 0.29) is 12.8 Å². The molecule has 100 valence electrons. The molecule has 17 heavy (non-hydrogen) atoms. The molecule has 0 saturated heterocycles. The molecule has 0 aliphatic heterocycles. The topological polar surface area (TPSA) is 67.4 Å². The number of nitrogens with one attached hydrogen (secondary N) is 2. The second-order valence-corrected chi connectivity index (χ2v) is 4.56. The van der Waals surface area contributed by atoms with Gasteiger partial charge in [0.25, 0.3) is 0 Å². The Morgan fingerprint density at radius 3 is 1.53 bits per heavy atom. The van der Waals surface area contributed by atoms with Crippen LogP contribution < -0.4 is 10.6 Å². The van der Waals surface area contributed by atoms with Crippen molar-refractivity contribution in [2.24, 2.45) is 0 Å². The Labute approximate surface area is 103 Å². The number of ether oxygens (including phenoxy) is 1. The van der Waals surface area contributed by atoms with Crippen LogP contribution in [0.15, 0.2) is 0 Å². The summed E-state index contributed by atoms with van der Waals surface area (Å²) in [6, 6.07) is 0.655. The predicted molar refractivity (Wildman–Crippen MR) is 66.6 cm³/mol. The molecule has 0 bridgehead atoms. The van der Waals surface area contributed by atoms with Crippen LogP contribution in [0.4, 0.5) is 0 Å². The van der Waals surface area contributed by atoms with E-state index in [1.54, 1.807) is 0 Å². The van der Waals surface area contributed by atoms with Crippen LogP contribution in [0.5, 0.6) is 0 Å². The van der Waals surface area contributed by atoms with Crippen LogP contribution in [0.2, 0.25) is 0 Å². The van der Waals surface area contributed by atoms with E-state index in [1.165, 1.54) is 0 Å². The molecule has 5 heteroatoms. The molecule has 0 aliphatic rings. The zero-order valence-electron chi connectivity index (χ0n) is 11.2. The maximum atomic E-state index is 11.2. The van der Waals surface area contributed by atoms with Gasteiger partial charge < -0.3 is 15.4 Å². The van der Waals surface area contributed by atoms with Gasteiger partial charge in [0.05, 0.1) is 12.8 Å². The first-order valence-corrected chi connectivity index (χ1v) is 6.12. The van der Waals surface area contributed by atoms with Crippen molar-refractivity contribution in [2.45, 2.75) is 52.6 Å². The Balaban J connectivity index is 3.56. The van der Waals surface area contributed by atoms with Gasteiger partial charge in [-0.05, 0) is 0 Å². The van der Waals surface area contributed by atoms with Crippen molar-refractivity contribution in [2.75, 3.05) is 13.1 Å². The highest BCUT2D eigenvalue weighted by Crippen LogP contribution is 1.91. The third-order valence-corrected chi connectivity index (χ3v) is 1.99. The molecular formula is C12H24N2O3. The molecule has 0 atom stereocenters. The molecule has 0 aromatic heterocycles. The molecule has 0 aromatic carbocycles. The minimum absolute atomic E-state index is 0.224. The van der Waals surface area contributed by atoms with E-state index in [0.29, 0.717) is 25.2 Å². The van der Waals surface area contributed by atoms with Gasteiger partial charge in [-0.25, -0.2) is 0 Å². The number of esters is 2. The Kier molecular flexibility index (Phi) is 8.62. The quantitative estimate of drug-likeness (QED) is 0.489. The van der Waals surface area contributed by atoms with Crippen LogP contribution in [0.3, 0.4) is 0 Å². The highest BCUT2D eigenvalue weighted by molar-refractivity contribution is 5.85. The number of carbonyl (C=O) groups is 2. The van der Waals surface area contributed by atoms with E-state index < -0.39 is 11.9 Å². The SMILES string of the molecule is CC(C)NCCC(=O)OC(=O)CCNC(C)C. The van der Waals surface area contributed by atoms with E-state index in [2.05, 4.69) is 15.4 Å². The van der Waals surface area contributed by atoms with Crippen molar-refractivity contribution in [1.82, 2.24) is 10.6 Å². The predicted octanol–water partition coefficient (Wildman–Crippen LogP) is 0.832. The lowest BCUT2D eigenvalue weighted by molar-refractivity contribution is -0.159. The van der Waals surface area contributed by atoms with Crippen molar-refractivity contribution in [3.8, 4) is 0 Å². The summed E-state index contributed by atoms with van der Waals surface area (Å²) in [6.45, 7) is 9.05. The summed E-state index contributed by atoms with van der Waals surface area (Å²) in [6.07, 6.45) is 0.447. The summed E-state index contributed by atoms with van der Waals surface area (Å²) in [5.41, 5.74) is 0. The average Bonchev–Trinajstić information content (AvgIpc) is 2.15. The number of hydrogen-bond acceptors (Lipinski definition) is 5. The summed E-state index contributed by atoms with van der Waals surface area (Å²) in [7, 11) is 0. The molecule has 2 N–H and O–H groups in total. The van der Waals surface area contributed by atoms with Gasteiger partial charge in [-0.3, -0.25) is 9.59 Å². The van der Waals surface area contributed by atoms with Crippen LogP contribution in [0.1, 0.15) is 40.5 Å². The van der Waals surface area contributed by atoms with Crippen LogP contribution in [-0.4, -0.2) is 37.1 Å². The van der Waals surface area contributed by atoms with Gasteiger partial charge in [-0.15, -0.1) is 0 Å². The molecule has 0 saturated carbocycles. The fraction of sp³-hybridized carbons (Fsp3) is 0.833. The van der Waals surface area contributed by atoms with E-state index in [0.717, 1.165) is 0 Å². The smallest absolute Gasteiger partial charge is 0.314 e. The Morgan fingerprint density at radius 2 is 1.24 bits per heavy atom. The number of rotatable bonds is 8. The first-order valence-electron chi connectivity index (χ1n) is 6.12. The van der Waals surface area contributed by atoms with Gasteiger partial charge in [0.2, 0.25) is 0 Å². The second kappa shape index (κ2) is 9.13. The van der Waals surface area contributed by atoms with Gasteiger partial charge >= 0.3 is 11.9 Å². The summed E-state index contributed by atoms with van der Waals surface area (Å²) >= 11 is 0. The van der Waals surface area contributed by atoms with Gasteiger partial charge in [0.15, 0.2) is 0 Å². The molecule has 0 rings (SSSR count). The number of carbonyl (C=O) groups excluding carboxylic acids is 2. The fourth-order valence-corrected chi connectivity index (χ4v) is 1.15. The minimum Gasteiger partial charge on any atom is -0.393 e. The maximum Gasteiger partial charge on any atom is 0.314 e. The molecule has 5 nitrogen and oxygen atoms in total. The zero-order valence-corrected chi connectivity index (χ0v) is 11.2. The van der Waals surface area contributed by atoms with Crippen molar-refractivity contribution >= 4 is 11.9 Å². The summed E-state index contributed by atoms with van der Waals surface area (Å²) in [4.78, 5) is 22.5.